The van der Waals surface area contributed by atoms with Crippen molar-refractivity contribution in [3.8, 4) is 5.75 Å². The van der Waals surface area contributed by atoms with Crippen molar-refractivity contribution < 1.29 is 33.6 Å². The molecule has 5 N–H and O–H groups in total. The van der Waals surface area contributed by atoms with Crippen LogP contribution in [0.4, 0.5) is 0 Å². The van der Waals surface area contributed by atoms with E-state index in [9.17, 15) is 18.6 Å². The zero-order valence-electron chi connectivity index (χ0n) is 11.4. The Morgan fingerprint density at radius 3 is 2.38 bits per heavy atom. The van der Waals surface area contributed by atoms with Crippen LogP contribution in [0.25, 0.3) is 0 Å². The Labute approximate surface area is 122 Å². The average Bonchev–Trinajstić information content (AvgIpc) is 2.50. The number of methoxy groups -OCH3 is 1. The van der Waals surface area contributed by atoms with Crippen LogP contribution in [-0.2, 0) is 10.0 Å². The first-order chi connectivity index (χ1) is 9.83. The number of hydrogen-bond acceptors (Lipinski definition) is 7. The molecular weight excluding hydrogens is 302 g/mol. The van der Waals surface area contributed by atoms with Crippen molar-refractivity contribution in [3.63, 3.8) is 0 Å². The Morgan fingerprint density at radius 1 is 1.19 bits per heavy atom. The summed E-state index contributed by atoms with van der Waals surface area (Å²) in [6.45, 7) is -1.28. The zero-order chi connectivity index (χ0) is 16.0. The van der Waals surface area contributed by atoms with Crippen LogP contribution >= 0.6 is 0 Å². The van der Waals surface area contributed by atoms with Gasteiger partial charge in [0.2, 0.25) is 10.0 Å². The van der Waals surface area contributed by atoms with Gasteiger partial charge in [-0.2, -0.15) is 0 Å². The smallest absolute Gasteiger partial charge is 0.244 e. The molecule has 0 aliphatic heterocycles. The van der Waals surface area contributed by atoms with Crippen molar-refractivity contribution in [2.24, 2.45) is 0 Å². The summed E-state index contributed by atoms with van der Waals surface area (Å²) in [6, 6.07) is 5.91. The maximum absolute atomic E-state index is 12.1. The molecule has 0 fully saturated rings. The van der Waals surface area contributed by atoms with Gasteiger partial charge < -0.3 is 25.2 Å². The van der Waals surface area contributed by atoms with Crippen LogP contribution < -0.4 is 9.46 Å². The minimum Gasteiger partial charge on any atom is -0.495 e. The molecule has 8 nitrogen and oxygen atoms in total. The average molecular weight is 321 g/mol. The van der Waals surface area contributed by atoms with E-state index in [1.165, 1.54) is 25.3 Å². The first kappa shape index (κ1) is 17.8. The Kier molecular flexibility index (Phi) is 6.52. The molecule has 1 aromatic rings. The van der Waals surface area contributed by atoms with E-state index in [1.807, 2.05) is 0 Å². The summed E-state index contributed by atoms with van der Waals surface area (Å²) in [5.41, 5.74) is 0. The highest BCUT2D eigenvalue weighted by atomic mass is 32.2. The van der Waals surface area contributed by atoms with Crippen LogP contribution in [-0.4, -0.2) is 67.4 Å². The largest absolute Gasteiger partial charge is 0.495 e. The third kappa shape index (κ3) is 4.63. The summed E-state index contributed by atoms with van der Waals surface area (Å²) in [6.07, 6.45) is -4.80. The molecule has 0 radical (unpaired) electrons. The van der Waals surface area contributed by atoms with Gasteiger partial charge in [0.1, 0.15) is 22.9 Å². The SMILES string of the molecule is COc1ccccc1S(=O)(=O)NCC(O)C(O)C(O)CO. The number of nitrogens with one attached hydrogen (secondary N) is 1. The molecule has 1 rings (SSSR count). The normalized spacial score (nSPS) is 16.2. The number of aliphatic hydroxyl groups excluding tert-OH is 4. The molecule has 3 atom stereocenters. The second-order valence-electron chi connectivity index (χ2n) is 4.31. The first-order valence-corrected chi connectivity index (χ1v) is 7.59. The highest BCUT2D eigenvalue weighted by Gasteiger charge is 2.26. The van der Waals surface area contributed by atoms with E-state index in [2.05, 4.69) is 4.72 Å². The minimum absolute atomic E-state index is 0.114. The van der Waals surface area contributed by atoms with Crippen molar-refractivity contribution in [2.75, 3.05) is 20.3 Å². The fourth-order valence-corrected chi connectivity index (χ4v) is 2.82. The van der Waals surface area contributed by atoms with E-state index in [0.29, 0.717) is 0 Å². The van der Waals surface area contributed by atoms with Gasteiger partial charge in [-0.05, 0) is 12.1 Å². The third-order valence-corrected chi connectivity index (χ3v) is 4.28. The van der Waals surface area contributed by atoms with Crippen LogP contribution in [0, 0.1) is 0 Å². The van der Waals surface area contributed by atoms with Gasteiger partial charge in [0.15, 0.2) is 0 Å². The molecule has 3 unspecified atom stereocenters. The molecule has 9 heteroatoms. The van der Waals surface area contributed by atoms with Gasteiger partial charge in [-0.15, -0.1) is 0 Å². The molecule has 0 amide bonds. The molecule has 0 saturated heterocycles. The standard InChI is InChI=1S/C12H19NO7S/c1-20-10-4-2-3-5-11(10)21(18,19)13-6-8(15)12(17)9(16)7-14/h2-5,8-9,12-17H,6-7H2,1H3. The Hall–Kier alpha value is -1.23. The fourth-order valence-electron chi connectivity index (χ4n) is 1.60. The molecule has 0 bridgehead atoms. The van der Waals surface area contributed by atoms with Crippen LogP contribution in [0.15, 0.2) is 29.2 Å². The fraction of sp³-hybridized carbons (Fsp3) is 0.500. The predicted octanol–water partition coefficient (Wildman–Crippen LogP) is -1.95. The van der Waals surface area contributed by atoms with Crippen molar-refractivity contribution in [1.82, 2.24) is 4.72 Å². The first-order valence-electron chi connectivity index (χ1n) is 6.11. The summed E-state index contributed by atoms with van der Waals surface area (Å²) < 4.78 is 31.2. The van der Waals surface area contributed by atoms with Gasteiger partial charge in [-0.3, -0.25) is 0 Å². The summed E-state index contributed by atoms with van der Waals surface area (Å²) in [5.74, 6) is 0.135. The van der Waals surface area contributed by atoms with Crippen molar-refractivity contribution in [3.05, 3.63) is 24.3 Å². The molecule has 120 valence electrons. The molecule has 0 aliphatic carbocycles. The quantitative estimate of drug-likeness (QED) is 0.375. The molecule has 0 aliphatic rings. The summed E-state index contributed by atoms with van der Waals surface area (Å²) in [4.78, 5) is -0.114. The molecular formula is C12H19NO7S. The van der Waals surface area contributed by atoms with Crippen molar-refractivity contribution in [2.45, 2.75) is 23.2 Å². The van der Waals surface area contributed by atoms with E-state index >= 15 is 0 Å². The number of sulfonamides is 1. The number of hydrogen-bond donors (Lipinski definition) is 5. The lowest BCUT2D eigenvalue weighted by Gasteiger charge is -2.21. The Balaban J connectivity index is 2.78. The van der Waals surface area contributed by atoms with Gasteiger partial charge in [-0.1, -0.05) is 12.1 Å². The Morgan fingerprint density at radius 2 is 1.81 bits per heavy atom. The lowest BCUT2D eigenvalue weighted by Crippen LogP contribution is -2.45. The van der Waals surface area contributed by atoms with Crippen LogP contribution in [0.2, 0.25) is 0 Å². The Bertz CT molecular complexity index is 548. The van der Waals surface area contributed by atoms with Crippen LogP contribution in [0.1, 0.15) is 0 Å². The van der Waals surface area contributed by atoms with Crippen LogP contribution in [0.3, 0.4) is 0 Å². The number of rotatable bonds is 8. The highest BCUT2D eigenvalue weighted by molar-refractivity contribution is 7.89. The number of ether oxygens (including phenoxy) is 1. The van der Waals surface area contributed by atoms with Gasteiger partial charge >= 0.3 is 0 Å². The maximum atomic E-state index is 12.1. The summed E-state index contributed by atoms with van der Waals surface area (Å²) >= 11 is 0. The van der Waals surface area contributed by atoms with Gasteiger partial charge in [0.25, 0.3) is 0 Å². The molecule has 1 aromatic carbocycles. The molecule has 0 aromatic heterocycles. The molecule has 0 heterocycles. The summed E-state index contributed by atoms with van der Waals surface area (Å²) in [7, 11) is -2.63. The van der Waals surface area contributed by atoms with E-state index in [1.54, 1.807) is 6.07 Å². The van der Waals surface area contributed by atoms with E-state index < -0.39 is 41.5 Å². The minimum atomic E-state index is -3.95. The molecule has 21 heavy (non-hydrogen) atoms. The van der Waals surface area contributed by atoms with E-state index in [4.69, 9.17) is 14.9 Å². The molecule has 0 saturated carbocycles. The lowest BCUT2D eigenvalue weighted by molar-refractivity contribution is -0.0736. The second-order valence-corrected chi connectivity index (χ2v) is 6.05. The topological polar surface area (TPSA) is 136 Å². The maximum Gasteiger partial charge on any atom is 0.244 e. The van der Waals surface area contributed by atoms with Crippen molar-refractivity contribution >= 4 is 10.0 Å². The second kappa shape index (κ2) is 7.69. The number of benzene rings is 1. The van der Waals surface area contributed by atoms with Gasteiger partial charge in [-0.25, -0.2) is 13.1 Å². The van der Waals surface area contributed by atoms with Crippen LogP contribution in [0.5, 0.6) is 5.75 Å². The zero-order valence-corrected chi connectivity index (χ0v) is 12.2. The van der Waals surface area contributed by atoms with E-state index in [-0.39, 0.29) is 10.6 Å². The lowest BCUT2D eigenvalue weighted by atomic mass is 10.1. The molecule has 0 spiro atoms. The third-order valence-electron chi connectivity index (χ3n) is 2.82. The highest BCUT2D eigenvalue weighted by Crippen LogP contribution is 2.22. The monoisotopic (exact) mass is 321 g/mol. The van der Waals surface area contributed by atoms with Gasteiger partial charge in [0, 0.05) is 6.54 Å². The summed E-state index contributed by atoms with van der Waals surface area (Å²) in [5, 5.41) is 36.8. The number of para-hydroxylation sites is 1. The predicted molar refractivity (Wildman–Crippen MR) is 73.3 cm³/mol. The van der Waals surface area contributed by atoms with E-state index in [0.717, 1.165) is 0 Å². The number of aliphatic hydroxyl groups is 4. The van der Waals surface area contributed by atoms with Gasteiger partial charge in [0.05, 0.1) is 19.8 Å². The van der Waals surface area contributed by atoms with Crippen molar-refractivity contribution in [1.29, 1.82) is 0 Å².